The first-order chi connectivity index (χ1) is 13.3. The van der Waals surface area contributed by atoms with Crippen molar-refractivity contribution in [3.05, 3.63) is 35.2 Å². The maximum Gasteiger partial charge on any atom is 0.248 e. The molecule has 0 aliphatic carbocycles. The van der Waals surface area contributed by atoms with E-state index in [1.807, 2.05) is 32.8 Å². The van der Waals surface area contributed by atoms with Crippen LogP contribution in [0.4, 0.5) is 11.6 Å². The van der Waals surface area contributed by atoms with Crippen molar-refractivity contribution in [2.75, 3.05) is 45.6 Å². The molecule has 0 saturated carbocycles. The highest BCUT2D eigenvalue weighted by Gasteiger charge is 2.13. The van der Waals surface area contributed by atoms with Crippen LogP contribution in [0.2, 0.25) is 0 Å². The molecule has 0 saturated heterocycles. The molecule has 1 aromatic heterocycles. The van der Waals surface area contributed by atoms with Crippen LogP contribution in [0.5, 0.6) is 17.2 Å². The molecule has 0 atom stereocenters. The highest BCUT2D eigenvalue weighted by molar-refractivity contribution is 6.02. The van der Waals surface area contributed by atoms with Gasteiger partial charge in [-0.05, 0) is 37.6 Å². The Hall–Kier alpha value is -3.29. The minimum Gasteiger partial charge on any atom is -0.493 e. The molecule has 0 aliphatic heterocycles. The molecule has 1 aromatic carbocycles. The van der Waals surface area contributed by atoms with Crippen molar-refractivity contribution in [3.63, 3.8) is 0 Å². The number of aryl methyl sites for hydroxylation is 2. The van der Waals surface area contributed by atoms with Crippen LogP contribution in [0.15, 0.2) is 18.2 Å². The Morgan fingerprint density at radius 3 is 1.96 bits per heavy atom. The number of benzene rings is 1. The fraction of sp³-hybridized carbons (Fsp3) is 0.350. The highest BCUT2D eigenvalue weighted by atomic mass is 16.5. The Bertz CT molecular complexity index is 846. The molecule has 150 valence electrons. The Morgan fingerprint density at radius 1 is 1.00 bits per heavy atom. The van der Waals surface area contributed by atoms with Gasteiger partial charge in [-0.2, -0.15) is 0 Å². The summed E-state index contributed by atoms with van der Waals surface area (Å²) in [6, 6.07) is 3.52. The van der Waals surface area contributed by atoms with Crippen LogP contribution in [-0.2, 0) is 4.79 Å². The zero-order chi connectivity index (χ0) is 20.8. The number of carbonyl (C=O) groups is 1. The molecule has 0 bridgehead atoms. The van der Waals surface area contributed by atoms with Gasteiger partial charge in [0.15, 0.2) is 11.5 Å². The zero-order valence-electron chi connectivity index (χ0n) is 17.3. The van der Waals surface area contributed by atoms with Crippen molar-refractivity contribution in [1.82, 2.24) is 9.97 Å². The third kappa shape index (κ3) is 4.70. The Morgan fingerprint density at radius 2 is 1.54 bits per heavy atom. The fourth-order valence-corrected chi connectivity index (χ4v) is 2.61. The third-order valence-corrected chi connectivity index (χ3v) is 4.02. The first-order valence-corrected chi connectivity index (χ1v) is 8.62. The summed E-state index contributed by atoms with van der Waals surface area (Å²) >= 11 is 0. The summed E-state index contributed by atoms with van der Waals surface area (Å²) in [7, 11) is 8.36. The molecule has 0 spiro atoms. The van der Waals surface area contributed by atoms with Crippen LogP contribution in [0.3, 0.4) is 0 Å². The quantitative estimate of drug-likeness (QED) is 0.732. The van der Waals surface area contributed by atoms with E-state index in [1.165, 1.54) is 13.2 Å². The van der Waals surface area contributed by atoms with E-state index in [0.29, 0.717) is 40.3 Å². The van der Waals surface area contributed by atoms with Crippen molar-refractivity contribution in [1.29, 1.82) is 0 Å². The van der Waals surface area contributed by atoms with Gasteiger partial charge in [0.2, 0.25) is 17.6 Å². The summed E-state index contributed by atoms with van der Waals surface area (Å²) in [5, 5.41) is 2.84. The molecule has 0 fully saturated rings. The number of nitrogens with one attached hydrogen (secondary N) is 1. The summed E-state index contributed by atoms with van der Waals surface area (Å²) in [5.74, 6) is 1.83. The first-order valence-electron chi connectivity index (χ1n) is 8.62. The van der Waals surface area contributed by atoms with Gasteiger partial charge in [0.25, 0.3) is 0 Å². The van der Waals surface area contributed by atoms with Crippen LogP contribution in [0.25, 0.3) is 6.08 Å². The monoisotopic (exact) mass is 386 g/mol. The average Bonchev–Trinajstić information content (AvgIpc) is 2.67. The summed E-state index contributed by atoms with van der Waals surface area (Å²) in [4.78, 5) is 23.0. The number of amides is 1. The van der Waals surface area contributed by atoms with E-state index in [0.717, 1.165) is 5.56 Å². The van der Waals surface area contributed by atoms with Gasteiger partial charge in [0.05, 0.1) is 38.4 Å². The SMILES string of the molecule is COc1cc(/C=C/C(=O)Nc2c(C)nc(N(C)C)nc2C)cc(OC)c1OC. The molecule has 0 aliphatic rings. The molecule has 1 heterocycles. The van der Waals surface area contributed by atoms with Gasteiger partial charge in [0, 0.05) is 20.2 Å². The van der Waals surface area contributed by atoms with Crippen molar-refractivity contribution >= 4 is 23.6 Å². The topological polar surface area (TPSA) is 85.8 Å². The number of nitrogens with zero attached hydrogens (tertiary/aromatic N) is 3. The molecule has 8 nitrogen and oxygen atoms in total. The van der Waals surface area contributed by atoms with Gasteiger partial charge in [-0.3, -0.25) is 4.79 Å². The van der Waals surface area contributed by atoms with E-state index in [9.17, 15) is 4.79 Å². The van der Waals surface area contributed by atoms with E-state index in [2.05, 4.69) is 15.3 Å². The van der Waals surface area contributed by atoms with E-state index >= 15 is 0 Å². The number of aromatic nitrogens is 2. The van der Waals surface area contributed by atoms with Crippen molar-refractivity contribution in [2.24, 2.45) is 0 Å². The van der Waals surface area contributed by atoms with Crippen LogP contribution in [-0.4, -0.2) is 51.3 Å². The molecule has 0 unspecified atom stereocenters. The standard InChI is InChI=1S/C20H26N4O4/c1-12-18(13(2)22-20(21-12)24(3)4)23-17(25)9-8-14-10-15(26-5)19(28-7)16(11-14)27-6/h8-11H,1-7H3,(H,23,25)/b9-8+. The summed E-state index contributed by atoms with van der Waals surface area (Å²) in [6.07, 6.45) is 3.10. The lowest BCUT2D eigenvalue weighted by Gasteiger charge is -2.15. The Balaban J connectivity index is 2.23. The molecular formula is C20H26N4O4. The predicted molar refractivity (Wildman–Crippen MR) is 110 cm³/mol. The molecule has 2 rings (SSSR count). The maximum atomic E-state index is 12.4. The van der Waals surface area contributed by atoms with Gasteiger partial charge in [-0.1, -0.05) is 0 Å². The lowest BCUT2D eigenvalue weighted by molar-refractivity contribution is -0.111. The van der Waals surface area contributed by atoms with Crippen LogP contribution >= 0.6 is 0 Å². The van der Waals surface area contributed by atoms with Crippen LogP contribution in [0, 0.1) is 13.8 Å². The zero-order valence-corrected chi connectivity index (χ0v) is 17.3. The Kier molecular flexibility index (Phi) is 6.81. The minimum absolute atomic E-state index is 0.291. The van der Waals surface area contributed by atoms with Gasteiger partial charge in [-0.15, -0.1) is 0 Å². The number of hydrogen-bond acceptors (Lipinski definition) is 7. The number of rotatable bonds is 7. The normalized spacial score (nSPS) is 10.7. The Labute approximate surface area is 165 Å². The summed E-state index contributed by atoms with van der Waals surface area (Å²) < 4.78 is 15.9. The molecule has 8 heteroatoms. The average molecular weight is 386 g/mol. The second kappa shape index (κ2) is 9.07. The molecule has 2 aromatic rings. The van der Waals surface area contributed by atoms with Crippen LogP contribution < -0.4 is 24.4 Å². The van der Waals surface area contributed by atoms with Gasteiger partial charge >= 0.3 is 0 Å². The molecule has 1 amide bonds. The number of carbonyl (C=O) groups excluding carboxylic acids is 1. The molecule has 28 heavy (non-hydrogen) atoms. The number of hydrogen-bond donors (Lipinski definition) is 1. The third-order valence-electron chi connectivity index (χ3n) is 4.02. The smallest absolute Gasteiger partial charge is 0.248 e. The largest absolute Gasteiger partial charge is 0.493 e. The molecule has 1 N–H and O–H groups in total. The lowest BCUT2D eigenvalue weighted by Crippen LogP contribution is -2.17. The van der Waals surface area contributed by atoms with Gasteiger partial charge in [0.1, 0.15) is 0 Å². The van der Waals surface area contributed by atoms with E-state index in [4.69, 9.17) is 14.2 Å². The lowest BCUT2D eigenvalue weighted by atomic mass is 10.1. The van der Waals surface area contributed by atoms with Crippen molar-refractivity contribution < 1.29 is 19.0 Å². The van der Waals surface area contributed by atoms with Gasteiger partial charge < -0.3 is 24.4 Å². The molecule has 0 radical (unpaired) electrons. The maximum absolute atomic E-state index is 12.4. The second-order valence-corrected chi connectivity index (χ2v) is 6.25. The number of ether oxygens (including phenoxy) is 3. The minimum atomic E-state index is -0.291. The summed E-state index contributed by atoms with van der Waals surface area (Å²) in [5.41, 5.74) is 2.74. The predicted octanol–water partition coefficient (Wildman–Crippen LogP) is 2.84. The van der Waals surface area contributed by atoms with E-state index in [-0.39, 0.29) is 5.91 Å². The van der Waals surface area contributed by atoms with Crippen LogP contribution in [0.1, 0.15) is 17.0 Å². The number of methoxy groups -OCH3 is 3. The van der Waals surface area contributed by atoms with Crippen molar-refractivity contribution in [2.45, 2.75) is 13.8 Å². The van der Waals surface area contributed by atoms with E-state index < -0.39 is 0 Å². The number of anilines is 2. The van der Waals surface area contributed by atoms with Gasteiger partial charge in [-0.25, -0.2) is 9.97 Å². The fourth-order valence-electron chi connectivity index (χ4n) is 2.61. The first kappa shape index (κ1) is 21.0. The second-order valence-electron chi connectivity index (χ2n) is 6.25. The van der Waals surface area contributed by atoms with Crippen molar-refractivity contribution in [3.8, 4) is 17.2 Å². The molecular weight excluding hydrogens is 360 g/mol. The highest BCUT2D eigenvalue weighted by Crippen LogP contribution is 2.38. The summed E-state index contributed by atoms with van der Waals surface area (Å²) in [6.45, 7) is 3.67. The van der Waals surface area contributed by atoms with E-state index in [1.54, 1.807) is 32.4 Å².